The van der Waals surface area contributed by atoms with E-state index in [2.05, 4.69) is 36.3 Å². The van der Waals surface area contributed by atoms with Gasteiger partial charge >= 0.3 is 0 Å². The van der Waals surface area contributed by atoms with E-state index in [1.165, 1.54) is 31.2 Å². The molecule has 3 unspecified atom stereocenters. The van der Waals surface area contributed by atoms with Crippen LogP contribution in [-0.2, 0) is 6.42 Å². The Bertz CT molecular complexity index is 323. The molecule has 17 heavy (non-hydrogen) atoms. The van der Waals surface area contributed by atoms with E-state index in [4.69, 9.17) is 0 Å². The molecule has 0 bridgehead atoms. The molecule has 0 aliphatic heterocycles. The van der Waals surface area contributed by atoms with Crippen LogP contribution in [0, 0.1) is 11.8 Å². The average Bonchev–Trinajstić information content (AvgIpc) is 2.70. The third kappa shape index (κ3) is 3.29. The lowest BCUT2D eigenvalue weighted by molar-refractivity contribution is 0.351. The van der Waals surface area contributed by atoms with Gasteiger partial charge in [0.05, 0.1) is 0 Å². The van der Waals surface area contributed by atoms with Gasteiger partial charge in [0.15, 0.2) is 0 Å². The van der Waals surface area contributed by atoms with Gasteiger partial charge in [-0.25, -0.2) is 0 Å². The highest BCUT2D eigenvalue weighted by atomic mass is 14.9. The van der Waals surface area contributed by atoms with Gasteiger partial charge in [0.25, 0.3) is 0 Å². The fourth-order valence-electron chi connectivity index (χ4n) is 2.98. The first kappa shape index (κ1) is 12.6. The second kappa shape index (κ2) is 6.15. The highest BCUT2D eigenvalue weighted by Crippen LogP contribution is 2.34. The Hall–Kier alpha value is -0.890. The van der Waals surface area contributed by atoms with E-state index in [9.17, 15) is 0 Å². The van der Waals surface area contributed by atoms with Gasteiger partial charge in [-0.3, -0.25) is 4.98 Å². The zero-order chi connectivity index (χ0) is 12.1. The molecule has 1 aliphatic carbocycles. The quantitative estimate of drug-likeness (QED) is 0.844. The highest BCUT2D eigenvalue weighted by molar-refractivity contribution is 5.11. The summed E-state index contributed by atoms with van der Waals surface area (Å²) in [5, 5.41) is 3.68. The van der Waals surface area contributed by atoms with Gasteiger partial charge in [-0.15, -0.1) is 0 Å². The van der Waals surface area contributed by atoms with Crippen molar-refractivity contribution in [2.24, 2.45) is 11.8 Å². The number of nitrogens with zero attached hydrogens (tertiary/aromatic N) is 1. The van der Waals surface area contributed by atoms with Crippen molar-refractivity contribution < 1.29 is 0 Å². The van der Waals surface area contributed by atoms with Crippen LogP contribution in [0.1, 0.15) is 38.7 Å². The molecule has 1 N–H and O–H groups in total. The minimum absolute atomic E-state index is 0.738. The van der Waals surface area contributed by atoms with Crippen molar-refractivity contribution >= 4 is 0 Å². The summed E-state index contributed by atoms with van der Waals surface area (Å²) in [7, 11) is 0. The SMILES string of the molecule is CCCNC1CCC(Cc2ccncc2)C1C. The average molecular weight is 232 g/mol. The monoisotopic (exact) mass is 232 g/mol. The molecule has 3 atom stereocenters. The lowest BCUT2D eigenvalue weighted by Gasteiger charge is -2.21. The zero-order valence-electron chi connectivity index (χ0n) is 11.0. The molecule has 2 nitrogen and oxygen atoms in total. The van der Waals surface area contributed by atoms with Crippen molar-refractivity contribution in [3.8, 4) is 0 Å². The maximum atomic E-state index is 4.08. The van der Waals surface area contributed by atoms with Crippen molar-refractivity contribution in [2.45, 2.75) is 45.6 Å². The molecule has 0 radical (unpaired) electrons. The van der Waals surface area contributed by atoms with Gasteiger partial charge in [0.2, 0.25) is 0 Å². The van der Waals surface area contributed by atoms with E-state index in [1.807, 2.05) is 12.4 Å². The summed E-state index contributed by atoms with van der Waals surface area (Å²) >= 11 is 0. The maximum absolute atomic E-state index is 4.08. The number of rotatable bonds is 5. The standard InChI is InChI=1S/C15H24N2/c1-3-8-17-15-5-4-14(12(15)2)11-13-6-9-16-10-7-13/h6-7,9-10,12,14-15,17H,3-5,8,11H2,1-2H3. The molecule has 94 valence electrons. The molecule has 2 rings (SSSR count). The van der Waals surface area contributed by atoms with Gasteiger partial charge in [-0.1, -0.05) is 13.8 Å². The van der Waals surface area contributed by atoms with Crippen molar-refractivity contribution in [3.63, 3.8) is 0 Å². The Labute approximate surface area is 105 Å². The zero-order valence-corrected chi connectivity index (χ0v) is 11.0. The lowest BCUT2D eigenvalue weighted by atomic mass is 9.90. The van der Waals surface area contributed by atoms with Gasteiger partial charge in [-0.05, 0) is 61.8 Å². The van der Waals surface area contributed by atoms with Crippen LogP contribution < -0.4 is 5.32 Å². The van der Waals surface area contributed by atoms with Crippen LogP contribution in [0.15, 0.2) is 24.5 Å². The largest absolute Gasteiger partial charge is 0.314 e. The Balaban J connectivity index is 1.87. The molecule has 1 heterocycles. The summed E-state index contributed by atoms with van der Waals surface area (Å²) < 4.78 is 0. The summed E-state index contributed by atoms with van der Waals surface area (Å²) in [6.07, 6.45) is 8.97. The summed E-state index contributed by atoms with van der Waals surface area (Å²) in [5.74, 6) is 1.64. The Morgan fingerprint density at radius 1 is 1.29 bits per heavy atom. The Morgan fingerprint density at radius 3 is 2.76 bits per heavy atom. The van der Waals surface area contributed by atoms with E-state index in [0.29, 0.717) is 0 Å². The fraction of sp³-hybridized carbons (Fsp3) is 0.667. The molecule has 0 amide bonds. The van der Waals surface area contributed by atoms with Gasteiger partial charge in [-0.2, -0.15) is 0 Å². The second-order valence-corrected chi connectivity index (χ2v) is 5.32. The summed E-state index contributed by atoms with van der Waals surface area (Å²) in [6.45, 7) is 5.81. The Morgan fingerprint density at radius 2 is 2.06 bits per heavy atom. The predicted octanol–water partition coefficient (Wildman–Crippen LogP) is 3.04. The summed E-state index contributed by atoms with van der Waals surface area (Å²) in [5.41, 5.74) is 1.44. The minimum Gasteiger partial charge on any atom is -0.314 e. The number of aromatic nitrogens is 1. The molecular weight excluding hydrogens is 208 g/mol. The molecule has 2 heteroatoms. The predicted molar refractivity (Wildman–Crippen MR) is 71.9 cm³/mol. The molecular formula is C15H24N2. The van der Waals surface area contributed by atoms with Gasteiger partial charge in [0.1, 0.15) is 0 Å². The van der Waals surface area contributed by atoms with Gasteiger partial charge in [0, 0.05) is 18.4 Å². The van der Waals surface area contributed by atoms with Crippen molar-refractivity contribution in [1.29, 1.82) is 0 Å². The van der Waals surface area contributed by atoms with E-state index < -0.39 is 0 Å². The Kier molecular flexibility index (Phi) is 4.55. The molecule has 1 aromatic heterocycles. The molecule has 1 aromatic rings. The number of pyridine rings is 1. The first-order chi connectivity index (χ1) is 8.31. The van der Waals surface area contributed by atoms with Crippen LogP contribution in [-0.4, -0.2) is 17.6 Å². The number of hydrogen-bond donors (Lipinski definition) is 1. The minimum atomic E-state index is 0.738. The van der Waals surface area contributed by atoms with E-state index in [1.54, 1.807) is 0 Å². The van der Waals surface area contributed by atoms with Crippen molar-refractivity contribution in [1.82, 2.24) is 10.3 Å². The van der Waals surface area contributed by atoms with E-state index in [0.717, 1.165) is 24.4 Å². The highest BCUT2D eigenvalue weighted by Gasteiger charge is 2.31. The smallest absolute Gasteiger partial charge is 0.0270 e. The molecule has 1 saturated carbocycles. The van der Waals surface area contributed by atoms with E-state index >= 15 is 0 Å². The van der Waals surface area contributed by atoms with Crippen molar-refractivity contribution in [2.75, 3.05) is 6.54 Å². The summed E-state index contributed by atoms with van der Waals surface area (Å²) in [4.78, 5) is 4.08. The van der Waals surface area contributed by atoms with Crippen LogP contribution >= 0.6 is 0 Å². The van der Waals surface area contributed by atoms with Crippen LogP contribution in [0.4, 0.5) is 0 Å². The first-order valence-electron chi connectivity index (χ1n) is 6.93. The summed E-state index contributed by atoms with van der Waals surface area (Å²) in [6, 6.07) is 5.04. The topological polar surface area (TPSA) is 24.9 Å². The normalized spacial score (nSPS) is 28.5. The molecule has 1 fully saturated rings. The molecule has 0 aromatic carbocycles. The second-order valence-electron chi connectivity index (χ2n) is 5.32. The third-order valence-corrected chi connectivity index (χ3v) is 4.13. The molecule has 0 saturated heterocycles. The molecule has 0 spiro atoms. The first-order valence-corrected chi connectivity index (χ1v) is 6.93. The van der Waals surface area contributed by atoms with Crippen LogP contribution in [0.2, 0.25) is 0 Å². The van der Waals surface area contributed by atoms with Crippen molar-refractivity contribution in [3.05, 3.63) is 30.1 Å². The third-order valence-electron chi connectivity index (χ3n) is 4.13. The lowest BCUT2D eigenvalue weighted by Crippen LogP contribution is -2.33. The maximum Gasteiger partial charge on any atom is 0.0270 e. The van der Waals surface area contributed by atoms with E-state index in [-0.39, 0.29) is 0 Å². The van der Waals surface area contributed by atoms with Gasteiger partial charge < -0.3 is 5.32 Å². The fourth-order valence-corrected chi connectivity index (χ4v) is 2.98. The number of nitrogens with one attached hydrogen (secondary N) is 1. The number of hydrogen-bond acceptors (Lipinski definition) is 2. The van der Waals surface area contributed by atoms with Crippen LogP contribution in [0.25, 0.3) is 0 Å². The van der Waals surface area contributed by atoms with Crippen LogP contribution in [0.3, 0.4) is 0 Å². The van der Waals surface area contributed by atoms with Crippen LogP contribution in [0.5, 0.6) is 0 Å². The molecule has 1 aliphatic rings.